The van der Waals surface area contributed by atoms with Crippen LogP contribution in [0.1, 0.15) is 33.5 Å². The molecule has 0 saturated carbocycles. The van der Waals surface area contributed by atoms with Gasteiger partial charge in [0.15, 0.2) is 5.78 Å². The van der Waals surface area contributed by atoms with Crippen LogP contribution in [0.3, 0.4) is 0 Å². The van der Waals surface area contributed by atoms with Crippen molar-refractivity contribution in [2.75, 3.05) is 7.11 Å². The highest BCUT2D eigenvalue weighted by atomic mass is 16.5. The third kappa shape index (κ3) is 3.99. The third-order valence-electron chi connectivity index (χ3n) is 4.96. The lowest BCUT2D eigenvalue weighted by atomic mass is 9.86. The average Bonchev–Trinajstić information content (AvgIpc) is 2.75. The molecule has 140 valence electrons. The van der Waals surface area contributed by atoms with Crippen molar-refractivity contribution in [3.63, 3.8) is 0 Å². The molecule has 1 aliphatic rings. The lowest BCUT2D eigenvalue weighted by Crippen LogP contribution is -2.14. The van der Waals surface area contributed by atoms with E-state index >= 15 is 0 Å². The highest BCUT2D eigenvalue weighted by molar-refractivity contribution is 6.13. The summed E-state index contributed by atoms with van der Waals surface area (Å²) in [6.07, 6.45) is 3.55. The number of ketones is 1. The Bertz CT molecular complexity index is 1020. The van der Waals surface area contributed by atoms with E-state index in [-0.39, 0.29) is 5.78 Å². The van der Waals surface area contributed by atoms with E-state index in [4.69, 9.17) is 9.47 Å². The number of carbonyl (C=O) groups excluding carboxylic acids is 1. The van der Waals surface area contributed by atoms with Crippen molar-refractivity contribution in [2.24, 2.45) is 0 Å². The molecule has 1 aliphatic carbocycles. The van der Waals surface area contributed by atoms with E-state index in [0.29, 0.717) is 6.61 Å². The van der Waals surface area contributed by atoms with Crippen molar-refractivity contribution < 1.29 is 14.3 Å². The Kier molecular flexibility index (Phi) is 5.24. The summed E-state index contributed by atoms with van der Waals surface area (Å²) >= 11 is 0. The molecule has 0 bridgehead atoms. The maximum absolute atomic E-state index is 12.9. The maximum Gasteiger partial charge on any atom is 0.189 e. The standard InChI is InChI=1S/C25H22O3/c1-27-22-12-13-24-20(16-22)10-11-21(25(24)26)14-19-8-5-9-23(15-19)28-17-18-6-3-2-4-7-18/h2-9,12-16H,10-11,17H2,1H3/b21-14-. The summed E-state index contributed by atoms with van der Waals surface area (Å²) in [5.41, 5.74) is 4.76. The number of allylic oxidation sites excluding steroid dienone is 1. The van der Waals surface area contributed by atoms with Crippen LogP contribution in [0, 0.1) is 0 Å². The molecule has 3 aromatic carbocycles. The molecule has 0 saturated heterocycles. The Morgan fingerprint density at radius 2 is 1.75 bits per heavy atom. The van der Waals surface area contributed by atoms with E-state index in [1.807, 2.05) is 78.9 Å². The van der Waals surface area contributed by atoms with Crippen LogP contribution in [0.2, 0.25) is 0 Å². The number of ether oxygens (including phenoxy) is 2. The van der Waals surface area contributed by atoms with E-state index < -0.39 is 0 Å². The van der Waals surface area contributed by atoms with E-state index in [2.05, 4.69) is 0 Å². The first-order valence-electron chi connectivity index (χ1n) is 9.42. The van der Waals surface area contributed by atoms with E-state index in [1.165, 1.54) is 0 Å². The summed E-state index contributed by atoms with van der Waals surface area (Å²) < 4.78 is 11.2. The molecule has 0 N–H and O–H groups in total. The first-order chi connectivity index (χ1) is 13.7. The Hall–Kier alpha value is -3.33. The van der Waals surface area contributed by atoms with E-state index in [0.717, 1.165) is 52.2 Å². The molecule has 0 spiro atoms. The summed E-state index contributed by atoms with van der Waals surface area (Å²) in [5.74, 6) is 1.69. The molecule has 3 heteroatoms. The van der Waals surface area contributed by atoms with Crippen LogP contribution in [0.15, 0.2) is 78.4 Å². The summed E-state index contributed by atoms with van der Waals surface area (Å²) in [6, 6.07) is 23.6. The third-order valence-corrected chi connectivity index (χ3v) is 4.96. The van der Waals surface area contributed by atoms with Crippen molar-refractivity contribution in [1.82, 2.24) is 0 Å². The fourth-order valence-corrected chi connectivity index (χ4v) is 3.46. The van der Waals surface area contributed by atoms with E-state index in [9.17, 15) is 4.79 Å². The molecule has 0 unspecified atom stereocenters. The summed E-state index contributed by atoms with van der Waals surface area (Å²) in [5, 5.41) is 0. The molecule has 0 aromatic heterocycles. The zero-order valence-corrected chi connectivity index (χ0v) is 15.9. The Balaban J connectivity index is 1.51. The summed E-state index contributed by atoms with van der Waals surface area (Å²) in [7, 11) is 1.64. The van der Waals surface area contributed by atoms with Crippen LogP contribution in [-0.2, 0) is 13.0 Å². The first kappa shape index (κ1) is 18.1. The summed E-state index contributed by atoms with van der Waals surface area (Å²) in [4.78, 5) is 12.9. The molecule has 0 amide bonds. The van der Waals surface area contributed by atoms with E-state index in [1.54, 1.807) is 7.11 Å². The van der Waals surface area contributed by atoms with Gasteiger partial charge in [0, 0.05) is 11.1 Å². The molecule has 3 nitrogen and oxygen atoms in total. The minimum absolute atomic E-state index is 0.0968. The average molecular weight is 370 g/mol. The second kappa shape index (κ2) is 8.13. The van der Waals surface area contributed by atoms with Gasteiger partial charge in [-0.25, -0.2) is 0 Å². The van der Waals surface area contributed by atoms with Crippen LogP contribution in [0.25, 0.3) is 6.08 Å². The van der Waals surface area contributed by atoms with Gasteiger partial charge in [-0.05, 0) is 65.9 Å². The molecule has 3 aromatic rings. The number of rotatable bonds is 5. The van der Waals surface area contributed by atoms with Gasteiger partial charge in [-0.2, -0.15) is 0 Å². The van der Waals surface area contributed by atoms with Gasteiger partial charge in [-0.1, -0.05) is 42.5 Å². The van der Waals surface area contributed by atoms with Gasteiger partial charge in [0.1, 0.15) is 18.1 Å². The quantitative estimate of drug-likeness (QED) is 0.557. The fourth-order valence-electron chi connectivity index (χ4n) is 3.46. The Morgan fingerprint density at radius 1 is 0.893 bits per heavy atom. The summed E-state index contributed by atoms with van der Waals surface area (Å²) in [6.45, 7) is 0.523. The monoisotopic (exact) mass is 370 g/mol. The predicted octanol–water partition coefficient (Wildman–Crippen LogP) is 5.49. The Labute approximate surface area is 165 Å². The molecule has 0 heterocycles. The number of methoxy groups -OCH3 is 1. The van der Waals surface area contributed by atoms with Gasteiger partial charge in [-0.15, -0.1) is 0 Å². The van der Waals surface area contributed by atoms with Gasteiger partial charge in [-0.3, -0.25) is 4.79 Å². The minimum atomic E-state index is 0.0968. The highest BCUT2D eigenvalue weighted by Gasteiger charge is 2.22. The van der Waals surface area contributed by atoms with Crippen LogP contribution < -0.4 is 9.47 Å². The van der Waals surface area contributed by atoms with Gasteiger partial charge in [0.05, 0.1) is 7.11 Å². The Morgan fingerprint density at radius 3 is 2.57 bits per heavy atom. The van der Waals surface area contributed by atoms with Crippen LogP contribution >= 0.6 is 0 Å². The maximum atomic E-state index is 12.9. The number of benzene rings is 3. The van der Waals surface area contributed by atoms with Gasteiger partial charge in [0.2, 0.25) is 0 Å². The number of Topliss-reactive ketones (excluding diaryl/α,β-unsaturated/α-hetero) is 1. The zero-order valence-electron chi connectivity index (χ0n) is 15.9. The molecule has 4 rings (SSSR count). The molecular formula is C25H22O3. The first-order valence-corrected chi connectivity index (χ1v) is 9.42. The van der Waals surface area contributed by atoms with Gasteiger partial charge in [0.25, 0.3) is 0 Å². The lowest BCUT2D eigenvalue weighted by molar-refractivity contribution is 0.102. The van der Waals surface area contributed by atoms with Crippen LogP contribution in [0.5, 0.6) is 11.5 Å². The van der Waals surface area contributed by atoms with Gasteiger partial charge < -0.3 is 9.47 Å². The number of fused-ring (bicyclic) bond motifs is 1. The number of hydrogen-bond acceptors (Lipinski definition) is 3. The highest BCUT2D eigenvalue weighted by Crippen LogP contribution is 2.30. The molecule has 0 atom stereocenters. The second-order valence-corrected chi connectivity index (χ2v) is 6.87. The fraction of sp³-hybridized carbons (Fsp3) is 0.160. The zero-order chi connectivity index (χ0) is 19.3. The van der Waals surface area contributed by atoms with Crippen molar-refractivity contribution in [3.05, 3.63) is 101 Å². The molecular weight excluding hydrogens is 348 g/mol. The predicted molar refractivity (Wildman–Crippen MR) is 111 cm³/mol. The lowest BCUT2D eigenvalue weighted by Gasteiger charge is -2.18. The van der Waals surface area contributed by atoms with Gasteiger partial charge >= 0.3 is 0 Å². The normalized spacial score (nSPS) is 14.6. The van der Waals surface area contributed by atoms with Crippen molar-refractivity contribution in [2.45, 2.75) is 19.4 Å². The largest absolute Gasteiger partial charge is 0.497 e. The number of aryl methyl sites for hydroxylation is 1. The van der Waals surface area contributed by atoms with Crippen molar-refractivity contribution >= 4 is 11.9 Å². The van der Waals surface area contributed by atoms with Crippen LogP contribution in [0.4, 0.5) is 0 Å². The SMILES string of the molecule is COc1ccc2c(c1)CC/C(=C/c1cccc(OCc3ccccc3)c1)C2=O. The second-order valence-electron chi connectivity index (χ2n) is 6.87. The topological polar surface area (TPSA) is 35.5 Å². The van der Waals surface area contributed by atoms with Crippen molar-refractivity contribution in [3.8, 4) is 11.5 Å². The number of hydrogen-bond donors (Lipinski definition) is 0. The minimum Gasteiger partial charge on any atom is -0.497 e. The molecule has 0 radical (unpaired) electrons. The smallest absolute Gasteiger partial charge is 0.189 e. The molecule has 0 aliphatic heterocycles. The number of carbonyl (C=O) groups is 1. The molecule has 0 fully saturated rings. The van der Waals surface area contributed by atoms with Crippen LogP contribution in [-0.4, -0.2) is 12.9 Å². The molecule has 28 heavy (non-hydrogen) atoms. The van der Waals surface area contributed by atoms with Crippen molar-refractivity contribution in [1.29, 1.82) is 0 Å².